The van der Waals surface area contributed by atoms with Crippen LogP contribution in [0.1, 0.15) is 18.4 Å². The smallest absolute Gasteiger partial charge is 0.175 e. The van der Waals surface area contributed by atoms with Crippen LogP contribution in [-0.4, -0.2) is 37.8 Å². The monoisotopic (exact) mass is 388 g/mol. The Balaban J connectivity index is 1.50. The van der Waals surface area contributed by atoms with Crippen molar-refractivity contribution in [3.8, 4) is 0 Å². The summed E-state index contributed by atoms with van der Waals surface area (Å²) in [4.78, 5) is 2.51. The molecule has 0 aliphatic carbocycles. The molecule has 1 aliphatic heterocycles. The molecule has 3 rings (SSSR count). The van der Waals surface area contributed by atoms with E-state index < -0.39 is 9.84 Å². The molecule has 2 aromatic rings. The maximum absolute atomic E-state index is 11.5. The van der Waals surface area contributed by atoms with Crippen molar-refractivity contribution in [3.05, 3.63) is 60.2 Å². The van der Waals surface area contributed by atoms with Gasteiger partial charge in [0.05, 0.1) is 4.90 Å². The predicted octanol–water partition coefficient (Wildman–Crippen LogP) is 3.74. The van der Waals surface area contributed by atoms with Gasteiger partial charge >= 0.3 is 0 Å². The molecule has 1 aliphatic rings. The van der Waals surface area contributed by atoms with Gasteiger partial charge in [-0.3, -0.25) is 0 Å². The maximum Gasteiger partial charge on any atom is 0.175 e. The van der Waals surface area contributed by atoms with Crippen molar-refractivity contribution < 1.29 is 8.42 Å². The van der Waals surface area contributed by atoms with Gasteiger partial charge in [-0.05, 0) is 67.2 Å². The SMILES string of the molecule is CS(=O)(=O)c1ccc(NC(=S)N2CCC(Cc3ccccc3)CC2)cc1. The van der Waals surface area contributed by atoms with Crippen molar-refractivity contribution in [1.29, 1.82) is 0 Å². The minimum absolute atomic E-state index is 0.315. The van der Waals surface area contributed by atoms with Crippen molar-refractivity contribution in [2.75, 3.05) is 24.7 Å². The number of anilines is 1. The van der Waals surface area contributed by atoms with E-state index in [-0.39, 0.29) is 0 Å². The second-order valence-electron chi connectivity index (χ2n) is 6.85. The van der Waals surface area contributed by atoms with Crippen LogP contribution in [0.5, 0.6) is 0 Å². The number of thiocarbonyl (C=S) groups is 1. The highest BCUT2D eigenvalue weighted by molar-refractivity contribution is 7.90. The number of likely N-dealkylation sites (tertiary alicyclic amines) is 1. The van der Waals surface area contributed by atoms with Gasteiger partial charge in [0.25, 0.3) is 0 Å². The Bertz CT molecular complexity index is 841. The Hall–Kier alpha value is -1.92. The highest BCUT2D eigenvalue weighted by Gasteiger charge is 2.21. The van der Waals surface area contributed by atoms with E-state index >= 15 is 0 Å². The van der Waals surface area contributed by atoms with Crippen molar-refractivity contribution in [3.63, 3.8) is 0 Å². The Morgan fingerprint density at radius 3 is 2.27 bits per heavy atom. The lowest BCUT2D eigenvalue weighted by atomic mass is 9.90. The van der Waals surface area contributed by atoms with E-state index in [0.717, 1.165) is 38.0 Å². The van der Waals surface area contributed by atoms with Crippen LogP contribution in [0.15, 0.2) is 59.5 Å². The summed E-state index contributed by atoms with van der Waals surface area (Å²) in [5.74, 6) is 0.700. The summed E-state index contributed by atoms with van der Waals surface area (Å²) < 4.78 is 23.0. The van der Waals surface area contributed by atoms with Gasteiger partial charge in [-0.1, -0.05) is 30.3 Å². The summed E-state index contributed by atoms with van der Waals surface area (Å²) in [7, 11) is -3.17. The lowest BCUT2D eigenvalue weighted by Crippen LogP contribution is -2.41. The third-order valence-corrected chi connectivity index (χ3v) is 6.29. The molecule has 1 saturated heterocycles. The van der Waals surface area contributed by atoms with E-state index in [1.807, 2.05) is 0 Å². The van der Waals surface area contributed by atoms with E-state index in [2.05, 4.69) is 40.5 Å². The van der Waals surface area contributed by atoms with Gasteiger partial charge in [-0.2, -0.15) is 0 Å². The predicted molar refractivity (Wildman–Crippen MR) is 110 cm³/mol. The molecule has 0 spiro atoms. The fourth-order valence-corrected chi connectivity index (χ4v) is 4.21. The Labute approximate surface area is 161 Å². The summed E-state index contributed by atoms with van der Waals surface area (Å²) >= 11 is 5.53. The molecule has 1 N–H and O–H groups in total. The van der Waals surface area contributed by atoms with Gasteiger partial charge < -0.3 is 10.2 Å². The molecule has 26 heavy (non-hydrogen) atoms. The molecule has 1 heterocycles. The van der Waals surface area contributed by atoms with Crippen molar-refractivity contribution in [1.82, 2.24) is 4.90 Å². The molecule has 0 unspecified atom stereocenters. The first-order valence-corrected chi connectivity index (χ1v) is 11.1. The summed E-state index contributed by atoms with van der Waals surface area (Å²) in [5.41, 5.74) is 2.21. The number of hydrogen-bond acceptors (Lipinski definition) is 3. The van der Waals surface area contributed by atoms with Crippen LogP contribution < -0.4 is 5.32 Å². The van der Waals surface area contributed by atoms with Crippen LogP contribution in [0.4, 0.5) is 5.69 Å². The molecule has 4 nitrogen and oxygen atoms in total. The maximum atomic E-state index is 11.5. The number of sulfone groups is 1. The Kier molecular flexibility index (Phi) is 5.94. The largest absolute Gasteiger partial charge is 0.349 e. The van der Waals surface area contributed by atoms with Gasteiger partial charge in [-0.15, -0.1) is 0 Å². The van der Waals surface area contributed by atoms with E-state index in [0.29, 0.717) is 15.9 Å². The van der Waals surface area contributed by atoms with Gasteiger partial charge in [-0.25, -0.2) is 8.42 Å². The van der Waals surface area contributed by atoms with Crippen LogP contribution in [0.3, 0.4) is 0 Å². The number of benzene rings is 2. The zero-order valence-electron chi connectivity index (χ0n) is 14.9. The Morgan fingerprint density at radius 1 is 1.08 bits per heavy atom. The van der Waals surface area contributed by atoms with Gasteiger partial charge in [0.1, 0.15) is 0 Å². The van der Waals surface area contributed by atoms with Crippen molar-refractivity contribution in [2.24, 2.45) is 5.92 Å². The van der Waals surface area contributed by atoms with Crippen LogP contribution in [0.2, 0.25) is 0 Å². The number of nitrogens with zero attached hydrogens (tertiary/aromatic N) is 1. The zero-order chi connectivity index (χ0) is 18.6. The first kappa shape index (κ1) is 18.9. The van der Waals surface area contributed by atoms with Gasteiger partial charge in [0, 0.05) is 25.0 Å². The van der Waals surface area contributed by atoms with Crippen LogP contribution >= 0.6 is 12.2 Å². The third-order valence-electron chi connectivity index (χ3n) is 4.80. The summed E-state index contributed by atoms with van der Waals surface area (Å²) in [6.45, 7) is 1.90. The number of rotatable bonds is 4. The lowest BCUT2D eigenvalue weighted by Gasteiger charge is -2.34. The molecule has 0 atom stereocenters. The quantitative estimate of drug-likeness (QED) is 0.809. The molecular weight excluding hydrogens is 364 g/mol. The number of nitrogens with one attached hydrogen (secondary N) is 1. The van der Waals surface area contributed by atoms with Gasteiger partial charge in [0.2, 0.25) is 0 Å². The fourth-order valence-electron chi connectivity index (χ4n) is 3.28. The highest BCUT2D eigenvalue weighted by atomic mass is 32.2. The van der Waals surface area contributed by atoms with E-state index in [1.54, 1.807) is 24.3 Å². The van der Waals surface area contributed by atoms with E-state index in [9.17, 15) is 8.42 Å². The molecule has 1 fully saturated rings. The third kappa shape index (κ3) is 5.05. The molecule has 138 valence electrons. The minimum atomic E-state index is -3.17. The minimum Gasteiger partial charge on any atom is -0.349 e. The average molecular weight is 389 g/mol. The van der Waals surface area contributed by atoms with Crippen LogP contribution in [-0.2, 0) is 16.3 Å². The topological polar surface area (TPSA) is 49.4 Å². The normalized spacial score (nSPS) is 15.7. The molecule has 0 saturated carbocycles. The first-order valence-electron chi connectivity index (χ1n) is 8.82. The second-order valence-corrected chi connectivity index (χ2v) is 9.25. The fraction of sp³-hybridized carbons (Fsp3) is 0.350. The molecular formula is C20H24N2O2S2. The molecule has 0 radical (unpaired) electrons. The van der Waals surface area contributed by atoms with E-state index in [4.69, 9.17) is 12.2 Å². The van der Waals surface area contributed by atoms with Crippen molar-refractivity contribution in [2.45, 2.75) is 24.2 Å². The zero-order valence-corrected chi connectivity index (χ0v) is 16.5. The first-order chi connectivity index (χ1) is 12.4. The summed E-state index contributed by atoms with van der Waals surface area (Å²) in [6.07, 6.45) is 4.59. The van der Waals surface area contributed by atoms with Gasteiger partial charge in [0.15, 0.2) is 14.9 Å². The number of hydrogen-bond donors (Lipinski definition) is 1. The molecule has 6 heteroatoms. The molecule has 0 aromatic heterocycles. The average Bonchev–Trinajstić information content (AvgIpc) is 2.63. The summed E-state index contributed by atoms with van der Waals surface area (Å²) in [6, 6.07) is 17.3. The standard InChI is InChI=1S/C20H24N2O2S2/c1-26(23,24)19-9-7-18(8-10-19)21-20(25)22-13-11-17(12-14-22)15-16-5-3-2-4-6-16/h2-10,17H,11-15H2,1H3,(H,21,25). The van der Waals surface area contributed by atoms with Crippen molar-refractivity contribution >= 4 is 32.9 Å². The highest BCUT2D eigenvalue weighted by Crippen LogP contribution is 2.22. The summed E-state index contributed by atoms with van der Waals surface area (Å²) in [5, 5.41) is 3.92. The molecule has 2 aromatic carbocycles. The van der Waals surface area contributed by atoms with E-state index in [1.165, 1.54) is 11.8 Å². The lowest BCUT2D eigenvalue weighted by molar-refractivity contribution is 0.268. The Morgan fingerprint density at radius 2 is 1.69 bits per heavy atom. The number of piperidine rings is 1. The molecule has 0 bridgehead atoms. The van der Waals surface area contributed by atoms with Crippen LogP contribution in [0, 0.1) is 5.92 Å². The van der Waals surface area contributed by atoms with Crippen LogP contribution in [0.25, 0.3) is 0 Å². The molecule has 0 amide bonds. The second kappa shape index (κ2) is 8.18.